The molecule has 0 saturated heterocycles. The molecule has 0 fully saturated rings. The van der Waals surface area contributed by atoms with Gasteiger partial charge in [-0.2, -0.15) is 0 Å². The van der Waals surface area contributed by atoms with Gasteiger partial charge in [0.2, 0.25) is 5.91 Å². The fourth-order valence-corrected chi connectivity index (χ4v) is 1.22. The smallest absolute Gasteiger partial charge is 0.234 e. The van der Waals surface area contributed by atoms with Crippen molar-refractivity contribution in [1.29, 1.82) is 0 Å². The van der Waals surface area contributed by atoms with E-state index in [-0.39, 0.29) is 5.91 Å². The average Bonchev–Trinajstić information content (AvgIpc) is 2.17. The second-order valence-electron chi connectivity index (χ2n) is 3.18. The first-order valence-electron chi connectivity index (χ1n) is 5.44. The van der Waals surface area contributed by atoms with Crippen LogP contribution in [0.2, 0.25) is 0 Å². The van der Waals surface area contributed by atoms with E-state index < -0.39 is 0 Å². The van der Waals surface area contributed by atoms with Gasteiger partial charge in [-0.15, -0.1) is 0 Å². The number of nitrogens with one attached hydrogen (secondary N) is 2. The van der Waals surface area contributed by atoms with Crippen molar-refractivity contribution >= 4 is 5.91 Å². The Bertz CT molecular complexity index is 150. The lowest BCUT2D eigenvalue weighted by Gasteiger charge is -2.19. The van der Waals surface area contributed by atoms with Gasteiger partial charge >= 0.3 is 0 Å². The maximum atomic E-state index is 11.3. The molecule has 0 atom stereocenters. The highest BCUT2D eigenvalue weighted by atomic mass is 16.2. The lowest BCUT2D eigenvalue weighted by molar-refractivity contribution is -0.122. The van der Waals surface area contributed by atoms with Crippen LogP contribution in [0, 0.1) is 0 Å². The number of amides is 1. The SMILES string of the molecule is CCNCCN(CC)CC(=O)NCC. The number of carbonyl (C=O) groups is 1. The van der Waals surface area contributed by atoms with Crippen LogP contribution in [0.3, 0.4) is 0 Å². The maximum Gasteiger partial charge on any atom is 0.234 e. The van der Waals surface area contributed by atoms with Crippen LogP contribution in [0.25, 0.3) is 0 Å². The Kier molecular flexibility index (Phi) is 8.57. The molecule has 0 aliphatic carbocycles. The second-order valence-corrected chi connectivity index (χ2v) is 3.18. The Hall–Kier alpha value is -0.610. The molecule has 4 heteroatoms. The van der Waals surface area contributed by atoms with Crippen LogP contribution in [0.1, 0.15) is 20.8 Å². The molecule has 0 aliphatic heterocycles. The van der Waals surface area contributed by atoms with Gasteiger partial charge in [-0.1, -0.05) is 13.8 Å². The Morgan fingerprint density at radius 2 is 1.93 bits per heavy atom. The largest absolute Gasteiger partial charge is 0.355 e. The van der Waals surface area contributed by atoms with Crippen LogP contribution in [-0.4, -0.2) is 50.1 Å². The first-order valence-corrected chi connectivity index (χ1v) is 5.44. The van der Waals surface area contributed by atoms with E-state index in [1.54, 1.807) is 0 Å². The first kappa shape index (κ1) is 13.4. The molecule has 0 aromatic rings. The molecule has 0 rings (SSSR count). The van der Waals surface area contributed by atoms with E-state index in [4.69, 9.17) is 0 Å². The van der Waals surface area contributed by atoms with Crippen molar-refractivity contribution in [2.45, 2.75) is 20.8 Å². The molecular formula is C10H23N3O. The third-order valence-electron chi connectivity index (χ3n) is 2.04. The van der Waals surface area contributed by atoms with Gasteiger partial charge in [0, 0.05) is 19.6 Å². The standard InChI is InChI=1S/C10H23N3O/c1-4-11-7-8-13(6-3)9-10(14)12-5-2/h11H,4-9H2,1-3H3,(H,12,14). The molecule has 2 N–H and O–H groups in total. The number of likely N-dealkylation sites (N-methyl/N-ethyl adjacent to an activating group) is 3. The summed E-state index contributed by atoms with van der Waals surface area (Å²) in [4.78, 5) is 13.4. The average molecular weight is 201 g/mol. The summed E-state index contributed by atoms with van der Waals surface area (Å²) in [5.41, 5.74) is 0. The molecule has 4 nitrogen and oxygen atoms in total. The van der Waals surface area contributed by atoms with Gasteiger partial charge in [0.1, 0.15) is 0 Å². The van der Waals surface area contributed by atoms with E-state index >= 15 is 0 Å². The fourth-order valence-electron chi connectivity index (χ4n) is 1.22. The molecule has 0 saturated carbocycles. The topological polar surface area (TPSA) is 44.4 Å². The van der Waals surface area contributed by atoms with Crippen molar-refractivity contribution < 1.29 is 4.79 Å². The number of carbonyl (C=O) groups excluding carboxylic acids is 1. The van der Waals surface area contributed by atoms with E-state index in [2.05, 4.69) is 29.4 Å². The quantitative estimate of drug-likeness (QED) is 0.546. The zero-order valence-corrected chi connectivity index (χ0v) is 9.60. The van der Waals surface area contributed by atoms with Crippen molar-refractivity contribution in [3.8, 4) is 0 Å². The highest BCUT2D eigenvalue weighted by Gasteiger charge is 2.06. The molecule has 84 valence electrons. The number of hydrogen-bond acceptors (Lipinski definition) is 3. The first-order chi connectivity index (χ1) is 6.74. The molecule has 1 amide bonds. The van der Waals surface area contributed by atoms with Crippen molar-refractivity contribution in [3.63, 3.8) is 0 Å². The van der Waals surface area contributed by atoms with Gasteiger partial charge in [0.25, 0.3) is 0 Å². The zero-order valence-electron chi connectivity index (χ0n) is 9.60. The molecule has 0 unspecified atom stereocenters. The monoisotopic (exact) mass is 201 g/mol. The number of rotatable bonds is 8. The van der Waals surface area contributed by atoms with Crippen LogP contribution < -0.4 is 10.6 Å². The van der Waals surface area contributed by atoms with Gasteiger partial charge in [0.15, 0.2) is 0 Å². The van der Waals surface area contributed by atoms with Gasteiger partial charge in [-0.25, -0.2) is 0 Å². The van der Waals surface area contributed by atoms with Crippen molar-refractivity contribution in [1.82, 2.24) is 15.5 Å². The van der Waals surface area contributed by atoms with Crippen molar-refractivity contribution in [2.24, 2.45) is 0 Å². The summed E-state index contributed by atoms with van der Waals surface area (Å²) in [6.45, 7) is 11.1. The summed E-state index contributed by atoms with van der Waals surface area (Å²) in [6.07, 6.45) is 0. The Morgan fingerprint density at radius 1 is 1.21 bits per heavy atom. The molecular weight excluding hydrogens is 178 g/mol. The third-order valence-corrected chi connectivity index (χ3v) is 2.04. The molecule has 0 spiro atoms. The Morgan fingerprint density at radius 3 is 2.43 bits per heavy atom. The lowest BCUT2D eigenvalue weighted by Crippen LogP contribution is -2.40. The zero-order chi connectivity index (χ0) is 10.8. The highest BCUT2D eigenvalue weighted by Crippen LogP contribution is 1.85. The van der Waals surface area contributed by atoms with E-state index in [1.807, 2.05) is 6.92 Å². The molecule has 0 heterocycles. The van der Waals surface area contributed by atoms with Crippen LogP contribution in [-0.2, 0) is 4.79 Å². The predicted octanol–water partition coefficient (Wildman–Crippen LogP) is 0.0539. The Labute approximate surface area is 87.0 Å². The summed E-state index contributed by atoms with van der Waals surface area (Å²) in [5.74, 6) is 0.117. The predicted molar refractivity (Wildman–Crippen MR) is 59.3 cm³/mol. The minimum atomic E-state index is 0.117. The van der Waals surface area contributed by atoms with E-state index in [1.165, 1.54) is 0 Å². The van der Waals surface area contributed by atoms with Gasteiger partial charge in [-0.05, 0) is 20.0 Å². The summed E-state index contributed by atoms with van der Waals surface area (Å²) in [7, 11) is 0. The minimum Gasteiger partial charge on any atom is -0.355 e. The van der Waals surface area contributed by atoms with Crippen LogP contribution in [0.4, 0.5) is 0 Å². The second kappa shape index (κ2) is 8.97. The summed E-state index contributed by atoms with van der Waals surface area (Å²) in [5, 5.41) is 6.04. The summed E-state index contributed by atoms with van der Waals surface area (Å²) >= 11 is 0. The lowest BCUT2D eigenvalue weighted by atomic mass is 10.4. The van der Waals surface area contributed by atoms with Crippen LogP contribution in [0.5, 0.6) is 0 Å². The van der Waals surface area contributed by atoms with Gasteiger partial charge < -0.3 is 10.6 Å². The molecule has 0 bridgehead atoms. The summed E-state index contributed by atoms with van der Waals surface area (Å²) in [6, 6.07) is 0. The van der Waals surface area contributed by atoms with E-state index in [0.717, 1.165) is 26.2 Å². The van der Waals surface area contributed by atoms with Crippen LogP contribution >= 0.6 is 0 Å². The number of hydrogen-bond donors (Lipinski definition) is 2. The van der Waals surface area contributed by atoms with Crippen molar-refractivity contribution in [2.75, 3.05) is 39.3 Å². The molecule has 0 aromatic carbocycles. The van der Waals surface area contributed by atoms with Gasteiger partial charge in [0.05, 0.1) is 6.54 Å². The maximum absolute atomic E-state index is 11.3. The Balaban J connectivity index is 3.61. The van der Waals surface area contributed by atoms with E-state index in [0.29, 0.717) is 13.1 Å². The van der Waals surface area contributed by atoms with Crippen LogP contribution in [0.15, 0.2) is 0 Å². The van der Waals surface area contributed by atoms with E-state index in [9.17, 15) is 4.79 Å². The summed E-state index contributed by atoms with van der Waals surface area (Å²) < 4.78 is 0. The fraction of sp³-hybridized carbons (Fsp3) is 0.900. The van der Waals surface area contributed by atoms with Crippen molar-refractivity contribution in [3.05, 3.63) is 0 Å². The highest BCUT2D eigenvalue weighted by molar-refractivity contribution is 5.77. The third kappa shape index (κ3) is 6.86. The molecule has 0 aliphatic rings. The minimum absolute atomic E-state index is 0.117. The molecule has 14 heavy (non-hydrogen) atoms. The number of nitrogens with zero attached hydrogens (tertiary/aromatic N) is 1. The van der Waals surface area contributed by atoms with Gasteiger partial charge in [-0.3, -0.25) is 9.69 Å². The molecule has 0 aromatic heterocycles. The molecule has 0 radical (unpaired) electrons. The normalized spacial score (nSPS) is 10.6.